The van der Waals surface area contributed by atoms with Gasteiger partial charge in [0.2, 0.25) is 0 Å². The highest BCUT2D eigenvalue weighted by Gasteiger charge is 2.32. The van der Waals surface area contributed by atoms with E-state index in [1.807, 2.05) is 18.7 Å². The van der Waals surface area contributed by atoms with Gasteiger partial charge in [0.25, 0.3) is 5.91 Å². The summed E-state index contributed by atoms with van der Waals surface area (Å²) in [5, 5.41) is 11.5. The largest absolute Gasteiger partial charge is 0.394 e. The molecule has 0 bridgehead atoms. The van der Waals surface area contributed by atoms with Gasteiger partial charge in [-0.25, -0.2) is 0 Å². The first-order valence-corrected chi connectivity index (χ1v) is 10.4. The predicted octanol–water partition coefficient (Wildman–Crippen LogP) is 3.35. The summed E-state index contributed by atoms with van der Waals surface area (Å²) in [5.74, 6) is 0.989. The molecule has 4 N–H and O–H groups in total. The average Bonchev–Trinajstić information content (AvgIpc) is 3.32. The minimum Gasteiger partial charge on any atom is -0.394 e. The van der Waals surface area contributed by atoms with Crippen molar-refractivity contribution in [2.45, 2.75) is 58.9 Å². The lowest BCUT2D eigenvalue weighted by Crippen LogP contribution is -2.36. The van der Waals surface area contributed by atoms with E-state index in [0.717, 1.165) is 13.0 Å². The molecular weight excluding hydrogens is 336 g/mol. The van der Waals surface area contributed by atoms with Crippen LogP contribution in [0.4, 0.5) is 0 Å². The lowest BCUT2D eigenvalue weighted by Gasteiger charge is -2.28. The Morgan fingerprint density at radius 3 is 2.67 bits per heavy atom. The summed E-state index contributed by atoms with van der Waals surface area (Å²) in [7, 11) is 0. The van der Waals surface area contributed by atoms with Gasteiger partial charge in [-0.2, -0.15) is 0 Å². The van der Waals surface area contributed by atoms with Gasteiger partial charge in [0.1, 0.15) is 0 Å². The first-order valence-electron chi connectivity index (χ1n) is 10.4. The molecular formula is C22H34N4O. The molecule has 0 aromatic heterocycles. The number of allylic oxidation sites excluding steroid dienone is 3. The van der Waals surface area contributed by atoms with Gasteiger partial charge in [-0.05, 0) is 55.7 Å². The average molecular weight is 371 g/mol. The predicted molar refractivity (Wildman–Crippen MR) is 110 cm³/mol. The highest BCUT2D eigenvalue weighted by atomic mass is 16.2. The summed E-state index contributed by atoms with van der Waals surface area (Å²) in [6.07, 6.45) is 12.5. The summed E-state index contributed by atoms with van der Waals surface area (Å²) in [5.41, 5.74) is 9.32. The Morgan fingerprint density at radius 2 is 2.00 bits per heavy atom. The Hall–Kier alpha value is -2.04. The first-order chi connectivity index (χ1) is 12.8. The molecule has 5 heteroatoms. The van der Waals surface area contributed by atoms with Crippen molar-refractivity contribution in [1.82, 2.24) is 10.2 Å². The maximum Gasteiger partial charge on any atom is 0.269 e. The van der Waals surface area contributed by atoms with E-state index in [1.54, 1.807) is 0 Å². The van der Waals surface area contributed by atoms with Crippen LogP contribution in [0.5, 0.6) is 0 Å². The molecule has 1 saturated carbocycles. The number of nitrogens with zero attached hydrogens (tertiary/aromatic N) is 1. The molecule has 2 atom stereocenters. The lowest BCUT2D eigenvalue weighted by atomic mass is 9.89. The quantitative estimate of drug-likeness (QED) is 0.513. The van der Waals surface area contributed by atoms with Crippen LogP contribution in [0, 0.1) is 23.2 Å². The number of dihydropyridines is 1. The second-order valence-electron chi connectivity index (χ2n) is 8.63. The zero-order chi connectivity index (χ0) is 19.6. The van der Waals surface area contributed by atoms with Gasteiger partial charge in [-0.3, -0.25) is 4.79 Å². The SMILES string of the molecule is CC1C=C(C2CCCC2)C=C(C2CCN(C(=O)/C(N)=C/C(=N)C(C)C)C2)N1. The molecule has 1 saturated heterocycles. The van der Waals surface area contributed by atoms with Crippen LogP contribution in [0.2, 0.25) is 0 Å². The van der Waals surface area contributed by atoms with E-state index in [2.05, 4.69) is 24.4 Å². The number of carbonyl (C=O) groups is 1. The normalized spacial score (nSPS) is 26.8. The third-order valence-electron chi connectivity index (χ3n) is 6.08. The number of hydrogen-bond acceptors (Lipinski definition) is 4. The zero-order valence-electron chi connectivity index (χ0n) is 16.9. The second-order valence-corrected chi connectivity index (χ2v) is 8.63. The lowest BCUT2D eigenvalue weighted by molar-refractivity contribution is -0.126. The van der Waals surface area contributed by atoms with Crippen molar-refractivity contribution in [1.29, 1.82) is 5.41 Å². The fourth-order valence-electron chi connectivity index (χ4n) is 4.39. The number of amides is 1. The molecule has 5 nitrogen and oxygen atoms in total. The summed E-state index contributed by atoms with van der Waals surface area (Å²) < 4.78 is 0. The molecule has 2 aliphatic heterocycles. The minimum atomic E-state index is -0.140. The number of carbonyl (C=O) groups excluding carboxylic acids is 1. The molecule has 27 heavy (non-hydrogen) atoms. The molecule has 3 aliphatic rings. The van der Waals surface area contributed by atoms with Crippen LogP contribution in [0.15, 0.2) is 35.2 Å². The van der Waals surface area contributed by atoms with Gasteiger partial charge in [0, 0.05) is 36.5 Å². The van der Waals surface area contributed by atoms with E-state index < -0.39 is 0 Å². The Labute approximate surface area is 163 Å². The summed E-state index contributed by atoms with van der Waals surface area (Å²) in [6, 6.07) is 0.349. The fourth-order valence-corrected chi connectivity index (χ4v) is 4.39. The van der Waals surface area contributed by atoms with E-state index in [9.17, 15) is 4.79 Å². The number of nitrogens with two attached hydrogens (primary N) is 1. The fraction of sp³-hybridized carbons (Fsp3) is 0.636. The molecule has 148 valence electrons. The highest BCUT2D eigenvalue weighted by Crippen LogP contribution is 2.35. The summed E-state index contributed by atoms with van der Waals surface area (Å²) in [4.78, 5) is 14.5. The Morgan fingerprint density at radius 1 is 1.30 bits per heavy atom. The zero-order valence-corrected chi connectivity index (χ0v) is 16.9. The summed E-state index contributed by atoms with van der Waals surface area (Å²) >= 11 is 0. The van der Waals surface area contributed by atoms with Crippen molar-refractivity contribution in [3.63, 3.8) is 0 Å². The van der Waals surface area contributed by atoms with E-state index in [-0.39, 0.29) is 17.5 Å². The van der Waals surface area contributed by atoms with Crippen LogP contribution in [0.3, 0.4) is 0 Å². The molecule has 3 rings (SSSR count). The van der Waals surface area contributed by atoms with Crippen molar-refractivity contribution < 1.29 is 4.79 Å². The first kappa shape index (κ1) is 19.7. The van der Waals surface area contributed by atoms with Crippen LogP contribution < -0.4 is 11.1 Å². The number of likely N-dealkylation sites (tertiary alicyclic amines) is 1. The van der Waals surface area contributed by atoms with Crippen LogP contribution >= 0.6 is 0 Å². The van der Waals surface area contributed by atoms with Gasteiger partial charge in [0.05, 0.1) is 5.70 Å². The number of nitrogens with one attached hydrogen (secondary N) is 2. The Balaban J connectivity index is 1.66. The Kier molecular flexibility index (Phi) is 6.08. The van der Waals surface area contributed by atoms with E-state index in [1.165, 1.54) is 43.0 Å². The maximum atomic E-state index is 12.7. The molecule has 2 heterocycles. The molecule has 0 radical (unpaired) electrons. The number of hydrogen-bond donors (Lipinski definition) is 3. The van der Waals surface area contributed by atoms with E-state index in [4.69, 9.17) is 11.1 Å². The van der Waals surface area contributed by atoms with Gasteiger partial charge >= 0.3 is 0 Å². The van der Waals surface area contributed by atoms with Gasteiger partial charge in [0.15, 0.2) is 0 Å². The molecule has 2 fully saturated rings. The van der Waals surface area contributed by atoms with Crippen LogP contribution in [0.25, 0.3) is 0 Å². The third kappa shape index (κ3) is 4.63. The van der Waals surface area contributed by atoms with Crippen molar-refractivity contribution in [2.24, 2.45) is 23.5 Å². The summed E-state index contributed by atoms with van der Waals surface area (Å²) in [6.45, 7) is 7.49. The topological polar surface area (TPSA) is 82.2 Å². The highest BCUT2D eigenvalue weighted by molar-refractivity contribution is 6.02. The molecule has 1 amide bonds. The monoisotopic (exact) mass is 370 g/mol. The van der Waals surface area contributed by atoms with Crippen molar-refractivity contribution >= 4 is 11.6 Å². The number of rotatable bonds is 5. The van der Waals surface area contributed by atoms with E-state index in [0.29, 0.717) is 30.1 Å². The molecule has 0 aromatic rings. The smallest absolute Gasteiger partial charge is 0.269 e. The molecule has 0 spiro atoms. The van der Waals surface area contributed by atoms with Crippen molar-refractivity contribution in [2.75, 3.05) is 13.1 Å². The molecule has 1 aliphatic carbocycles. The third-order valence-corrected chi connectivity index (χ3v) is 6.08. The van der Waals surface area contributed by atoms with Gasteiger partial charge < -0.3 is 21.4 Å². The molecule has 0 aromatic carbocycles. The van der Waals surface area contributed by atoms with Crippen LogP contribution in [0.1, 0.15) is 52.9 Å². The second kappa shape index (κ2) is 8.32. The van der Waals surface area contributed by atoms with Crippen LogP contribution in [-0.2, 0) is 4.79 Å². The molecule has 2 unspecified atom stereocenters. The van der Waals surface area contributed by atoms with Crippen molar-refractivity contribution in [3.8, 4) is 0 Å². The minimum absolute atomic E-state index is 0.0709. The Bertz CT molecular complexity index is 682. The standard InChI is InChI=1S/C22H34N4O/c1-14(2)19(23)12-20(24)22(27)26-9-8-17(13-26)21-11-18(10-15(3)25-21)16-6-4-5-7-16/h10-12,14-17,23,25H,4-9,13,24H2,1-3H3/b20-12-,23-19?. The van der Waals surface area contributed by atoms with Gasteiger partial charge in [-0.15, -0.1) is 0 Å². The van der Waals surface area contributed by atoms with E-state index >= 15 is 0 Å². The maximum absolute atomic E-state index is 12.7. The van der Waals surface area contributed by atoms with Gasteiger partial charge in [-0.1, -0.05) is 32.8 Å². The van der Waals surface area contributed by atoms with Crippen molar-refractivity contribution in [3.05, 3.63) is 35.2 Å². The van der Waals surface area contributed by atoms with Crippen LogP contribution in [-0.4, -0.2) is 35.7 Å².